The number of nitrogens with zero attached hydrogens (tertiary/aromatic N) is 2. The first-order valence-corrected chi connectivity index (χ1v) is 6.39. The van der Waals surface area contributed by atoms with Gasteiger partial charge in [0.1, 0.15) is 5.58 Å². The van der Waals surface area contributed by atoms with E-state index in [0.29, 0.717) is 16.7 Å². The second-order valence-electron chi connectivity index (χ2n) is 4.57. The van der Waals surface area contributed by atoms with Gasteiger partial charge in [-0.15, -0.1) is 10.2 Å². The minimum Gasteiger partial charge on any atom is -0.505 e. The first-order chi connectivity index (χ1) is 10.2. The Labute approximate surface area is 120 Å². The lowest BCUT2D eigenvalue weighted by atomic mass is 10.2. The number of para-hydroxylation sites is 1. The standard InChI is InChI=1S/C16H12N2O3/c1-10-6-2-4-8-12(10)17-18-14-15(19)11-7-3-5-9-13(11)21-16(14)20/h2-9,19H,1H3. The number of aryl methyl sites for hydroxylation is 1. The number of aromatic hydroxyl groups is 1. The molecule has 0 fully saturated rings. The molecule has 21 heavy (non-hydrogen) atoms. The van der Waals surface area contributed by atoms with Crippen molar-refractivity contribution in [3.05, 3.63) is 64.5 Å². The van der Waals surface area contributed by atoms with Gasteiger partial charge in [-0.05, 0) is 30.7 Å². The summed E-state index contributed by atoms with van der Waals surface area (Å²) in [5, 5.41) is 18.5. The summed E-state index contributed by atoms with van der Waals surface area (Å²) in [4.78, 5) is 11.9. The molecule has 104 valence electrons. The summed E-state index contributed by atoms with van der Waals surface area (Å²) in [7, 11) is 0. The molecule has 0 spiro atoms. The van der Waals surface area contributed by atoms with E-state index in [4.69, 9.17) is 4.42 Å². The molecule has 0 aliphatic heterocycles. The van der Waals surface area contributed by atoms with Crippen LogP contribution in [0.15, 0.2) is 68.0 Å². The number of rotatable bonds is 2. The fraction of sp³-hybridized carbons (Fsp3) is 0.0625. The molecule has 0 saturated heterocycles. The van der Waals surface area contributed by atoms with Crippen molar-refractivity contribution in [1.29, 1.82) is 0 Å². The third-order valence-electron chi connectivity index (χ3n) is 3.14. The van der Waals surface area contributed by atoms with Gasteiger partial charge in [0.15, 0.2) is 5.75 Å². The molecule has 0 unspecified atom stereocenters. The highest BCUT2D eigenvalue weighted by atomic mass is 16.4. The number of hydrogen-bond donors (Lipinski definition) is 1. The molecule has 5 nitrogen and oxygen atoms in total. The fourth-order valence-electron chi connectivity index (χ4n) is 1.99. The van der Waals surface area contributed by atoms with Crippen molar-refractivity contribution >= 4 is 22.3 Å². The normalized spacial score (nSPS) is 11.3. The van der Waals surface area contributed by atoms with Crippen LogP contribution in [0.3, 0.4) is 0 Å². The number of hydrogen-bond acceptors (Lipinski definition) is 5. The van der Waals surface area contributed by atoms with E-state index < -0.39 is 5.63 Å². The SMILES string of the molecule is Cc1ccccc1N=Nc1c(O)c2ccccc2oc1=O. The molecule has 0 atom stereocenters. The van der Waals surface area contributed by atoms with Crippen LogP contribution in [0.5, 0.6) is 5.75 Å². The van der Waals surface area contributed by atoms with E-state index in [1.165, 1.54) is 0 Å². The maximum Gasteiger partial charge on any atom is 0.368 e. The summed E-state index contributed by atoms with van der Waals surface area (Å²) in [6.07, 6.45) is 0. The van der Waals surface area contributed by atoms with Crippen molar-refractivity contribution < 1.29 is 9.52 Å². The van der Waals surface area contributed by atoms with Gasteiger partial charge < -0.3 is 9.52 Å². The molecular weight excluding hydrogens is 268 g/mol. The van der Waals surface area contributed by atoms with Crippen LogP contribution in [0, 0.1) is 6.92 Å². The highest BCUT2D eigenvalue weighted by molar-refractivity contribution is 5.87. The van der Waals surface area contributed by atoms with Gasteiger partial charge in [-0.25, -0.2) is 4.79 Å². The van der Waals surface area contributed by atoms with Crippen molar-refractivity contribution in [2.45, 2.75) is 6.92 Å². The summed E-state index contributed by atoms with van der Waals surface area (Å²) in [6, 6.07) is 14.1. The van der Waals surface area contributed by atoms with Gasteiger partial charge in [0.25, 0.3) is 0 Å². The zero-order valence-corrected chi connectivity index (χ0v) is 11.3. The monoisotopic (exact) mass is 280 g/mol. The molecule has 0 saturated carbocycles. The predicted octanol–water partition coefficient (Wildman–Crippen LogP) is 4.22. The van der Waals surface area contributed by atoms with Gasteiger partial charge in [-0.3, -0.25) is 0 Å². The minimum atomic E-state index is -0.719. The molecule has 2 aromatic carbocycles. The smallest absolute Gasteiger partial charge is 0.368 e. The van der Waals surface area contributed by atoms with Crippen LogP contribution >= 0.6 is 0 Å². The molecule has 0 bridgehead atoms. The zero-order valence-electron chi connectivity index (χ0n) is 11.3. The first kappa shape index (κ1) is 13.1. The van der Waals surface area contributed by atoms with Gasteiger partial charge in [-0.1, -0.05) is 30.3 Å². The first-order valence-electron chi connectivity index (χ1n) is 6.39. The Morgan fingerprint density at radius 1 is 1.00 bits per heavy atom. The Morgan fingerprint density at radius 2 is 1.71 bits per heavy atom. The predicted molar refractivity (Wildman–Crippen MR) is 79.5 cm³/mol. The maximum atomic E-state index is 11.9. The van der Waals surface area contributed by atoms with Crippen LogP contribution < -0.4 is 5.63 Å². The Kier molecular flexibility index (Phi) is 3.23. The molecule has 0 aliphatic rings. The molecule has 0 aliphatic carbocycles. The largest absolute Gasteiger partial charge is 0.505 e. The zero-order chi connectivity index (χ0) is 14.8. The highest BCUT2D eigenvalue weighted by Crippen LogP contribution is 2.32. The van der Waals surface area contributed by atoms with E-state index in [0.717, 1.165) is 5.56 Å². The average molecular weight is 280 g/mol. The third-order valence-corrected chi connectivity index (χ3v) is 3.14. The highest BCUT2D eigenvalue weighted by Gasteiger charge is 2.13. The molecular formula is C16H12N2O3. The Bertz CT molecular complexity index is 897. The number of azo groups is 1. The molecule has 1 N–H and O–H groups in total. The third kappa shape index (κ3) is 2.41. The Hall–Kier alpha value is -2.95. The van der Waals surface area contributed by atoms with Crippen molar-refractivity contribution in [3.63, 3.8) is 0 Å². The van der Waals surface area contributed by atoms with E-state index in [-0.39, 0.29) is 11.4 Å². The van der Waals surface area contributed by atoms with Gasteiger partial charge in [-0.2, -0.15) is 0 Å². The van der Waals surface area contributed by atoms with Crippen molar-refractivity contribution in [2.24, 2.45) is 10.2 Å². The Balaban J connectivity index is 2.13. The van der Waals surface area contributed by atoms with Crippen LogP contribution in [0.2, 0.25) is 0 Å². The molecule has 3 aromatic rings. The number of benzene rings is 2. The summed E-state index contributed by atoms with van der Waals surface area (Å²) in [5.41, 5.74) is 0.950. The van der Waals surface area contributed by atoms with Crippen LogP contribution in [-0.4, -0.2) is 5.11 Å². The van der Waals surface area contributed by atoms with E-state index in [9.17, 15) is 9.90 Å². The van der Waals surface area contributed by atoms with Crippen LogP contribution in [0.25, 0.3) is 11.0 Å². The van der Waals surface area contributed by atoms with E-state index in [1.807, 2.05) is 25.1 Å². The second-order valence-corrected chi connectivity index (χ2v) is 4.57. The fourth-order valence-corrected chi connectivity index (χ4v) is 1.99. The quantitative estimate of drug-likeness (QED) is 0.564. The summed E-state index contributed by atoms with van der Waals surface area (Å²) < 4.78 is 5.12. The summed E-state index contributed by atoms with van der Waals surface area (Å²) in [6.45, 7) is 1.89. The summed E-state index contributed by atoms with van der Waals surface area (Å²) in [5.74, 6) is -0.223. The van der Waals surface area contributed by atoms with Gasteiger partial charge in [0.2, 0.25) is 5.69 Å². The van der Waals surface area contributed by atoms with Crippen LogP contribution in [-0.2, 0) is 0 Å². The second kappa shape index (κ2) is 5.20. The minimum absolute atomic E-state index is 0.197. The van der Waals surface area contributed by atoms with Crippen molar-refractivity contribution in [3.8, 4) is 5.75 Å². The molecule has 0 radical (unpaired) electrons. The molecule has 1 aromatic heterocycles. The lowest BCUT2D eigenvalue weighted by molar-refractivity contribution is 0.469. The lowest BCUT2D eigenvalue weighted by Crippen LogP contribution is -1.98. The van der Waals surface area contributed by atoms with Gasteiger partial charge in [0.05, 0.1) is 11.1 Å². The Morgan fingerprint density at radius 3 is 2.52 bits per heavy atom. The van der Waals surface area contributed by atoms with Gasteiger partial charge >= 0.3 is 5.63 Å². The molecule has 5 heteroatoms. The van der Waals surface area contributed by atoms with E-state index in [2.05, 4.69) is 10.2 Å². The average Bonchev–Trinajstić information content (AvgIpc) is 2.49. The molecule has 1 heterocycles. The van der Waals surface area contributed by atoms with Crippen LogP contribution in [0.4, 0.5) is 11.4 Å². The molecule has 0 amide bonds. The lowest BCUT2D eigenvalue weighted by Gasteiger charge is -2.02. The van der Waals surface area contributed by atoms with Gasteiger partial charge in [0, 0.05) is 0 Å². The topological polar surface area (TPSA) is 75.2 Å². The maximum absolute atomic E-state index is 11.9. The van der Waals surface area contributed by atoms with Crippen LogP contribution in [0.1, 0.15) is 5.56 Å². The van der Waals surface area contributed by atoms with Crippen molar-refractivity contribution in [2.75, 3.05) is 0 Å². The molecule has 3 rings (SSSR count). The van der Waals surface area contributed by atoms with E-state index in [1.54, 1.807) is 30.3 Å². The summed E-state index contributed by atoms with van der Waals surface area (Å²) >= 11 is 0. The van der Waals surface area contributed by atoms with E-state index >= 15 is 0 Å². The number of fused-ring (bicyclic) bond motifs is 1. The van der Waals surface area contributed by atoms with Crippen molar-refractivity contribution in [1.82, 2.24) is 0 Å².